The SMILES string of the molecule is COc1ccc(N2C(CCc3ccccc3)CC(=O)N2C)cc1OC1CCCC1. The van der Waals surface area contributed by atoms with Crippen LogP contribution in [0.2, 0.25) is 0 Å². The quantitative estimate of drug-likeness (QED) is 0.688. The number of hydrazine groups is 1. The highest BCUT2D eigenvalue weighted by Crippen LogP contribution is 2.38. The van der Waals surface area contributed by atoms with E-state index in [0.717, 1.165) is 42.9 Å². The minimum atomic E-state index is 0.139. The summed E-state index contributed by atoms with van der Waals surface area (Å²) in [7, 11) is 3.53. The number of methoxy groups -OCH3 is 1. The predicted molar refractivity (Wildman–Crippen MR) is 114 cm³/mol. The summed E-state index contributed by atoms with van der Waals surface area (Å²) in [5, 5.41) is 3.86. The number of ether oxygens (including phenoxy) is 2. The van der Waals surface area contributed by atoms with E-state index in [2.05, 4.69) is 29.3 Å². The molecule has 0 N–H and O–H groups in total. The Bertz CT molecular complexity index is 833. The molecule has 0 bridgehead atoms. The second-order valence-corrected chi connectivity index (χ2v) is 8.00. The van der Waals surface area contributed by atoms with Gasteiger partial charge >= 0.3 is 0 Å². The standard InChI is InChI=1S/C24H30N2O3/c1-25-24(27)17-20(13-12-18-8-4-3-5-9-18)26(25)19-14-15-22(28-2)23(16-19)29-21-10-6-7-11-21/h3-5,8-9,14-16,20-21H,6-7,10-13,17H2,1-2H3. The Balaban J connectivity index is 1.55. The van der Waals surface area contributed by atoms with Crippen LogP contribution in [0.4, 0.5) is 5.69 Å². The van der Waals surface area contributed by atoms with Crippen molar-refractivity contribution in [3.63, 3.8) is 0 Å². The Labute approximate surface area is 173 Å². The molecular formula is C24H30N2O3. The van der Waals surface area contributed by atoms with Crippen molar-refractivity contribution in [3.05, 3.63) is 54.1 Å². The zero-order chi connectivity index (χ0) is 20.2. The highest BCUT2D eigenvalue weighted by molar-refractivity contribution is 5.82. The zero-order valence-electron chi connectivity index (χ0n) is 17.3. The Kier molecular flexibility index (Phi) is 5.93. The summed E-state index contributed by atoms with van der Waals surface area (Å²) in [5.74, 6) is 1.67. The van der Waals surface area contributed by atoms with Crippen LogP contribution in [0.5, 0.6) is 11.5 Å². The third-order valence-electron chi connectivity index (χ3n) is 6.06. The van der Waals surface area contributed by atoms with Gasteiger partial charge < -0.3 is 9.47 Å². The van der Waals surface area contributed by atoms with E-state index in [1.165, 1.54) is 18.4 Å². The summed E-state index contributed by atoms with van der Waals surface area (Å²) < 4.78 is 11.8. The second-order valence-electron chi connectivity index (χ2n) is 8.00. The molecule has 29 heavy (non-hydrogen) atoms. The van der Waals surface area contributed by atoms with Crippen LogP contribution in [0.15, 0.2) is 48.5 Å². The van der Waals surface area contributed by atoms with Gasteiger partial charge in [0.05, 0.1) is 31.4 Å². The molecule has 0 radical (unpaired) electrons. The fraction of sp³-hybridized carbons (Fsp3) is 0.458. The number of benzene rings is 2. The minimum absolute atomic E-state index is 0.139. The van der Waals surface area contributed by atoms with E-state index < -0.39 is 0 Å². The second kappa shape index (κ2) is 8.76. The van der Waals surface area contributed by atoms with Crippen LogP contribution >= 0.6 is 0 Å². The van der Waals surface area contributed by atoms with E-state index >= 15 is 0 Å². The predicted octanol–water partition coefficient (Wildman–Crippen LogP) is 4.60. The van der Waals surface area contributed by atoms with Crippen molar-refractivity contribution in [1.29, 1.82) is 0 Å². The first kappa shape index (κ1) is 19.6. The molecule has 5 heteroatoms. The van der Waals surface area contributed by atoms with E-state index in [4.69, 9.17) is 9.47 Å². The van der Waals surface area contributed by atoms with Crippen LogP contribution in [-0.4, -0.2) is 37.2 Å². The minimum Gasteiger partial charge on any atom is -0.493 e. The molecule has 1 atom stereocenters. The molecule has 2 aromatic rings. The molecule has 2 aliphatic rings. The highest BCUT2D eigenvalue weighted by Gasteiger charge is 2.35. The fourth-order valence-corrected chi connectivity index (χ4v) is 4.46. The lowest BCUT2D eigenvalue weighted by atomic mass is 10.0. The van der Waals surface area contributed by atoms with Gasteiger partial charge in [0.25, 0.3) is 0 Å². The molecule has 1 saturated heterocycles. The molecule has 1 heterocycles. The number of amides is 1. The van der Waals surface area contributed by atoms with Crippen molar-refractivity contribution in [3.8, 4) is 11.5 Å². The maximum atomic E-state index is 12.5. The first-order chi connectivity index (χ1) is 14.2. The molecule has 1 aliphatic carbocycles. The van der Waals surface area contributed by atoms with E-state index in [0.29, 0.717) is 6.42 Å². The van der Waals surface area contributed by atoms with Crippen molar-refractivity contribution in [2.24, 2.45) is 0 Å². The number of hydrogen-bond acceptors (Lipinski definition) is 4. The monoisotopic (exact) mass is 394 g/mol. The number of carbonyl (C=O) groups is 1. The van der Waals surface area contributed by atoms with Gasteiger partial charge in [-0.25, -0.2) is 0 Å². The summed E-state index contributed by atoms with van der Waals surface area (Å²) in [5.41, 5.74) is 2.28. The van der Waals surface area contributed by atoms with Gasteiger partial charge in [-0.3, -0.25) is 14.8 Å². The molecule has 4 rings (SSSR count). The number of aryl methyl sites for hydroxylation is 1. The first-order valence-electron chi connectivity index (χ1n) is 10.6. The number of anilines is 1. The fourth-order valence-electron chi connectivity index (χ4n) is 4.46. The first-order valence-corrected chi connectivity index (χ1v) is 10.6. The Morgan fingerprint density at radius 2 is 1.79 bits per heavy atom. The summed E-state index contributed by atoms with van der Waals surface area (Å²) in [6.45, 7) is 0. The van der Waals surface area contributed by atoms with E-state index in [1.807, 2.05) is 31.3 Å². The van der Waals surface area contributed by atoms with Crippen molar-refractivity contribution < 1.29 is 14.3 Å². The number of rotatable bonds is 7. The molecule has 1 aliphatic heterocycles. The summed E-state index contributed by atoms with van der Waals surface area (Å²) in [6, 6.07) is 16.6. The Morgan fingerprint density at radius 1 is 1.03 bits per heavy atom. The molecule has 154 valence electrons. The maximum absolute atomic E-state index is 12.5. The van der Waals surface area contributed by atoms with Gasteiger partial charge in [-0.1, -0.05) is 30.3 Å². The van der Waals surface area contributed by atoms with Crippen LogP contribution in [0.3, 0.4) is 0 Å². The Morgan fingerprint density at radius 3 is 2.52 bits per heavy atom. The summed E-state index contributed by atoms with van der Waals surface area (Å²) >= 11 is 0. The molecular weight excluding hydrogens is 364 g/mol. The average Bonchev–Trinajstić information content (AvgIpc) is 3.35. The van der Waals surface area contributed by atoms with Gasteiger partial charge in [0.15, 0.2) is 11.5 Å². The van der Waals surface area contributed by atoms with Crippen LogP contribution in [0.1, 0.15) is 44.1 Å². The molecule has 1 amide bonds. The lowest BCUT2D eigenvalue weighted by Gasteiger charge is -2.32. The average molecular weight is 395 g/mol. The van der Waals surface area contributed by atoms with Crippen molar-refractivity contribution in [2.45, 2.75) is 57.1 Å². The normalized spacial score (nSPS) is 19.8. The van der Waals surface area contributed by atoms with Crippen molar-refractivity contribution in [1.82, 2.24) is 5.01 Å². The van der Waals surface area contributed by atoms with Crippen LogP contribution in [-0.2, 0) is 11.2 Å². The molecule has 1 unspecified atom stereocenters. The lowest BCUT2D eigenvalue weighted by molar-refractivity contribution is -0.126. The lowest BCUT2D eigenvalue weighted by Crippen LogP contribution is -2.40. The molecule has 5 nitrogen and oxygen atoms in total. The van der Waals surface area contributed by atoms with Crippen molar-refractivity contribution in [2.75, 3.05) is 19.2 Å². The van der Waals surface area contributed by atoms with Gasteiger partial charge in [-0.05, 0) is 56.2 Å². The van der Waals surface area contributed by atoms with Crippen LogP contribution < -0.4 is 14.5 Å². The molecule has 2 fully saturated rings. The van der Waals surface area contributed by atoms with E-state index in [9.17, 15) is 4.79 Å². The van der Waals surface area contributed by atoms with Crippen LogP contribution in [0, 0.1) is 0 Å². The van der Waals surface area contributed by atoms with Gasteiger partial charge in [0, 0.05) is 13.1 Å². The number of hydrogen-bond donors (Lipinski definition) is 0. The van der Waals surface area contributed by atoms with Gasteiger partial charge in [-0.15, -0.1) is 0 Å². The number of nitrogens with zero attached hydrogens (tertiary/aromatic N) is 2. The van der Waals surface area contributed by atoms with E-state index in [-0.39, 0.29) is 18.1 Å². The Hall–Kier alpha value is -2.69. The zero-order valence-corrected chi connectivity index (χ0v) is 17.3. The highest BCUT2D eigenvalue weighted by atomic mass is 16.5. The van der Waals surface area contributed by atoms with Gasteiger partial charge in [0.2, 0.25) is 5.91 Å². The molecule has 0 spiro atoms. The topological polar surface area (TPSA) is 42.0 Å². The molecule has 1 saturated carbocycles. The largest absolute Gasteiger partial charge is 0.493 e. The van der Waals surface area contributed by atoms with E-state index in [1.54, 1.807) is 12.1 Å². The maximum Gasteiger partial charge on any atom is 0.242 e. The van der Waals surface area contributed by atoms with Gasteiger partial charge in [0.1, 0.15) is 0 Å². The summed E-state index contributed by atoms with van der Waals surface area (Å²) in [6.07, 6.45) is 7.29. The third-order valence-corrected chi connectivity index (χ3v) is 6.06. The molecule has 2 aromatic carbocycles. The van der Waals surface area contributed by atoms with Crippen LogP contribution in [0.25, 0.3) is 0 Å². The number of carbonyl (C=O) groups excluding carboxylic acids is 1. The van der Waals surface area contributed by atoms with Crippen molar-refractivity contribution >= 4 is 11.6 Å². The smallest absolute Gasteiger partial charge is 0.242 e. The third kappa shape index (κ3) is 4.34. The summed E-state index contributed by atoms with van der Waals surface area (Å²) in [4.78, 5) is 12.5. The molecule has 0 aromatic heterocycles. The van der Waals surface area contributed by atoms with Gasteiger partial charge in [-0.2, -0.15) is 0 Å².